The molecule has 0 bridgehead atoms. The Morgan fingerprint density at radius 3 is 2.58 bits per heavy atom. The van der Waals surface area contributed by atoms with E-state index in [-0.39, 0.29) is 10.6 Å². The van der Waals surface area contributed by atoms with Crippen LogP contribution in [0.15, 0.2) is 18.5 Å². The first-order chi connectivity index (χ1) is 8.70. The Labute approximate surface area is 117 Å². The molecule has 104 valence electrons. The molecule has 1 aromatic heterocycles. The minimum Gasteiger partial charge on any atom is -0.458 e. The molecular weight excluding hydrogens is 268 g/mol. The van der Waals surface area contributed by atoms with Crippen molar-refractivity contribution in [2.75, 3.05) is 0 Å². The van der Waals surface area contributed by atoms with Gasteiger partial charge in [0.1, 0.15) is 11.6 Å². The molecule has 0 unspecified atom stereocenters. The van der Waals surface area contributed by atoms with Gasteiger partial charge in [-0.3, -0.25) is 9.78 Å². The van der Waals surface area contributed by atoms with Gasteiger partial charge >= 0.3 is 5.97 Å². The number of amides is 1. The molecule has 1 N–H and O–H groups in total. The van der Waals surface area contributed by atoms with Gasteiger partial charge in [-0.1, -0.05) is 11.6 Å². The molecule has 0 aliphatic carbocycles. The first kappa shape index (κ1) is 15.4. The van der Waals surface area contributed by atoms with Crippen LogP contribution in [0.2, 0.25) is 5.02 Å². The first-order valence-electron chi connectivity index (χ1n) is 5.84. The number of hydrogen-bond donors (Lipinski definition) is 1. The summed E-state index contributed by atoms with van der Waals surface area (Å²) in [5, 5.41) is 2.77. The van der Waals surface area contributed by atoms with E-state index in [0.717, 1.165) is 0 Å². The van der Waals surface area contributed by atoms with Gasteiger partial charge in [0.15, 0.2) is 0 Å². The van der Waals surface area contributed by atoms with Crippen molar-refractivity contribution in [1.82, 2.24) is 10.3 Å². The van der Waals surface area contributed by atoms with E-state index in [1.54, 1.807) is 27.7 Å². The maximum absolute atomic E-state index is 11.9. The van der Waals surface area contributed by atoms with Crippen LogP contribution in [0.25, 0.3) is 0 Å². The standard InChI is InChI=1S/C13H17ClN2O3/c1-8(12(18)19-13(2,3)4)16-11(17)9-5-6-15-7-10(9)14/h5-8H,1-4H3,(H,16,17)/t8-/m1/s1. The number of halogens is 1. The third-order valence-electron chi connectivity index (χ3n) is 2.13. The zero-order chi connectivity index (χ0) is 14.6. The summed E-state index contributed by atoms with van der Waals surface area (Å²) in [7, 11) is 0. The summed E-state index contributed by atoms with van der Waals surface area (Å²) in [5.41, 5.74) is -0.322. The van der Waals surface area contributed by atoms with Crippen molar-refractivity contribution in [2.24, 2.45) is 0 Å². The van der Waals surface area contributed by atoms with Crippen LogP contribution < -0.4 is 5.32 Å². The fourth-order valence-electron chi connectivity index (χ4n) is 1.28. The summed E-state index contributed by atoms with van der Waals surface area (Å²) in [6.07, 6.45) is 2.83. The predicted octanol–water partition coefficient (Wildman–Crippen LogP) is 2.20. The highest BCUT2D eigenvalue weighted by molar-refractivity contribution is 6.33. The second-order valence-electron chi connectivity index (χ2n) is 5.08. The van der Waals surface area contributed by atoms with E-state index in [0.29, 0.717) is 0 Å². The van der Waals surface area contributed by atoms with E-state index in [2.05, 4.69) is 10.3 Å². The quantitative estimate of drug-likeness (QED) is 0.864. The number of rotatable bonds is 3. The Morgan fingerprint density at radius 1 is 1.42 bits per heavy atom. The summed E-state index contributed by atoms with van der Waals surface area (Å²) in [6, 6.07) is 0.732. The number of aromatic nitrogens is 1. The van der Waals surface area contributed by atoms with Crippen molar-refractivity contribution in [3.63, 3.8) is 0 Å². The Balaban J connectivity index is 2.67. The lowest BCUT2D eigenvalue weighted by molar-refractivity contribution is -0.156. The molecule has 1 aromatic rings. The molecule has 1 amide bonds. The van der Waals surface area contributed by atoms with E-state index in [1.165, 1.54) is 18.5 Å². The molecule has 0 saturated carbocycles. The van der Waals surface area contributed by atoms with Crippen molar-refractivity contribution in [2.45, 2.75) is 39.3 Å². The molecule has 0 spiro atoms. The van der Waals surface area contributed by atoms with Crippen LogP contribution in [0.3, 0.4) is 0 Å². The monoisotopic (exact) mass is 284 g/mol. The van der Waals surface area contributed by atoms with Crippen molar-refractivity contribution < 1.29 is 14.3 Å². The van der Waals surface area contributed by atoms with Gasteiger partial charge in [-0.2, -0.15) is 0 Å². The molecule has 0 aliphatic rings. The number of hydrogen-bond acceptors (Lipinski definition) is 4. The van der Waals surface area contributed by atoms with Crippen LogP contribution in [0.5, 0.6) is 0 Å². The van der Waals surface area contributed by atoms with Crippen LogP contribution in [0.1, 0.15) is 38.1 Å². The second kappa shape index (κ2) is 6.02. The molecule has 0 radical (unpaired) electrons. The van der Waals surface area contributed by atoms with Crippen LogP contribution in [-0.2, 0) is 9.53 Å². The maximum atomic E-state index is 11.9. The third-order valence-corrected chi connectivity index (χ3v) is 2.43. The Morgan fingerprint density at radius 2 is 2.05 bits per heavy atom. The largest absolute Gasteiger partial charge is 0.458 e. The number of esters is 1. The average molecular weight is 285 g/mol. The Bertz CT molecular complexity index is 483. The number of nitrogens with one attached hydrogen (secondary N) is 1. The highest BCUT2D eigenvalue weighted by Gasteiger charge is 2.23. The molecule has 1 rings (SSSR count). The van der Waals surface area contributed by atoms with E-state index in [4.69, 9.17) is 16.3 Å². The maximum Gasteiger partial charge on any atom is 0.328 e. The fourth-order valence-corrected chi connectivity index (χ4v) is 1.49. The summed E-state index contributed by atoms with van der Waals surface area (Å²) < 4.78 is 5.17. The molecule has 1 atom stereocenters. The molecule has 6 heteroatoms. The van der Waals surface area contributed by atoms with Crippen molar-refractivity contribution >= 4 is 23.5 Å². The number of nitrogens with zero attached hydrogens (tertiary/aromatic N) is 1. The molecule has 5 nitrogen and oxygen atoms in total. The molecule has 0 aliphatic heterocycles. The SMILES string of the molecule is C[C@@H](NC(=O)c1ccncc1Cl)C(=O)OC(C)(C)C. The van der Waals surface area contributed by atoms with Crippen LogP contribution in [0, 0.1) is 0 Å². The van der Waals surface area contributed by atoms with Crippen LogP contribution >= 0.6 is 11.6 Å². The smallest absolute Gasteiger partial charge is 0.328 e. The molecule has 0 aromatic carbocycles. The highest BCUT2D eigenvalue weighted by atomic mass is 35.5. The topological polar surface area (TPSA) is 68.3 Å². The van der Waals surface area contributed by atoms with Gasteiger partial charge in [-0.25, -0.2) is 4.79 Å². The minimum atomic E-state index is -0.754. The van der Waals surface area contributed by atoms with Crippen LogP contribution in [-0.4, -0.2) is 28.5 Å². The lowest BCUT2D eigenvalue weighted by Crippen LogP contribution is -2.42. The van der Waals surface area contributed by atoms with Crippen molar-refractivity contribution in [1.29, 1.82) is 0 Å². The molecule has 1 heterocycles. The van der Waals surface area contributed by atoms with E-state index < -0.39 is 23.5 Å². The third kappa shape index (κ3) is 4.87. The molecule has 0 saturated heterocycles. The summed E-state index contributed by atoms with van der Waals surface area (Å²) in [4.78, 5) is 27.4. The van der Waals surface area contributed by atoms with Crippen molar-refractivity contribution in [3.8, 4) is 0 Å². The van der Waals surface area contributed by atoms with E-state index >= 15 is 0 Å². The predicted molar refractivity (Wildman–Crippen MR) is 72.0 cm³/mol. The molecule has 0 fully saturated rings. The zero-order valence-corrected chi connectivity index (χ0v) is 12.1. The van der Waals surface area contributed by atoms with Gasteiger partial charge in [0.05, 0.1) is 10.6 Å². The van der Waals surface area contributed by atoms with Crippen LogP contribution in [0.4, 0.5) is 0 Å². The molecule has 19 heavy (non-hydrogen) atoms. The van der Waals surface area contributed by atoms with E-state index in [1.807, 2.05) is 0 Å². The second-order valence-corrected chi connectivity index (χ2v) is 5.49. The van der Waals surface area contributed by atoms with E-state index in [9.17, 15) is 9.59 Å². The van der Waals surface area contributed by atoms with Gasteiger partial charge in [-0.15, -0.1) is 0 Å². The summed E-state index contributed by atoms with van der Waals surface area (Å²) in [6.45, 7) is 6.85. The number of ether oxygens (including phenoxy) is 1. The van der Waals surface area contributed by atoms with Gasteiger partial charge in [0, 0.05) is 12.4 Å². The lowest BCUT2D eigenvalue weighted by atomic mass is 10.2. The zero-order valence-electron chi connectivity index (χ0n) is 11.4. The first-order valence-corrected chi connectivity index (χ1v) is 6.22. The van der Waals surface area contributed by atoms with Gasteiger partial charge in [0.2, 0.25) is 0 Å². The summed E-state index contributed by atoms with van der Waals surface area (Å²) in [5.74, 6) is -0.934. The average Bonchev–Trinajstić information content (AvgIpc) is 2.27. The summed E-state index contributed by atoms with van der Waals surface area (Å²) >= 11 is 5.85. The fraction of sp³-hybridized carbons (Fsp3) is 0.462. The Hall–Kier alpha value is -1.62. The number of pyridine rings is 1. The van der Waals surface area contributed by atoms with Crippen molar-refractivity contribution in [3.05, 3.63) is 29.0 Å². The number of carbonyl (C=O) groups is 2. The Kier molecular flexibility index (Phi) is 4.89. The minimum absolute atomic E-state index is 0.233. The molecular formula is C13H17ClN2O3. The highest BCUT2D eigenvalue weighted by Crippen LogP contribution is 2.13. The number of carbonyl (C=O) groups excluding carboxylic acids is 2. The van der Waals surface area contributed by atoms with Gasteiger partial charge < -0.3 is 10.1 Å². The normalized spacial score (nSPS) is 12.7. The van der Waals surface area contributed by atoms with Gasteiger partial charge in [0.25, 0.3) is 5.91 Å². The lowest BCUT2D eigenvalue weighted by Gasteiger charge is -2.22. The van der Waals surface area contributed by atoms with Gasteiger partial charge in [-0.05, 0) is 33.8 Å².